The normalized spacial score (nSPS) is 9.88. The van der Waals surface area contributed by atoms with Crippen LogP contribution in [-0.4, -0.2) is 13.1 Å². The molecule has 1 aromatic carbocycles. The van der Waals surface area contributed by atoms with Gasteiger partial charge in [-0.15, -0.1) is 11.6 Å². The molecule has 2 heteroatoms. The Bertz CT molecular complexity index is 343. The van der Waals surface area contributed by atoms with Gasteiger partial charge in [0.05, 0.1) is 0 Å². The maximum absolute atomic E-state index is 4.24. The van der Waals surface area contributed by atoms with Crippen LogP contribution < -0.4 is 23.8 Å². The Morgan fingerprint density at radius 2 is 1.59 bits per heavy atom. The van der Waals surface area contributed by atoms with E-state index >= 15 is 0 Å². The number of benzene rings is 1. The van der Waals surface area contributed by atoms with Crippen molar-refractivity contribution in [1.82, 2.24) is 0 Å². The van der Waals surface area contributed by atoms with Crippen molar-refractivity contribution in [3.8, 4) is 0 Å². The summed E-state index contributed by atoms with van der Waals surface area (Å²) in [5.74, 6) is 0. The van der Waals surface area contributed by atoms with E-state index in [4.69, 9.17) is 0 Å². The van der Waals surface area contributed by atoms with Gasteiger partial charge in [0.2, 0.25) is 0 Å². The molecule has 0 heterocycles. The Morgan fingerprint density at radius 3 is 2.00 bits per heavy atom. The number of hydrogen-bond donors (Lipinski definition) is 0. The number of anilines is 1. The van der Waals surface area contributed by atoms with E-state index in [1.54, 1.807) is 0 Å². The molecule has 1 nitrogen and oxygen atoms in total. The Morgan fingerprint density at radius 1 is 1.00 bits per heavy atom. The van der Waals surface area contributed by atoms with Crippen LogP contribution in [0.25, 0.3) is 0 Å². The second-order valence-corrected chi connectivity index (χ2v) is 4.13. The molecule has 0 saturated carbocycles. The first kappa shape index (κ1) is 16.5. The van der Waals surface area contributed by atoms with Gasteiger partial charge in [-0.2, -0.15) is 12.5 Å². The summed E-state index contributed by atoms with van der Waals surface area (Å²) >= 11 is 0. The maximum Gasteiger partial charge on any atom is 1.00 e. The van der Waals surface area contributed by atoms with Gasteiger partial charge in [0.1, 0.15) is 0 Å². The largest absolute Gasteiger partial charge is 1.00 e. The minimum Gasteiger partial charge on any atom is -0.424 e. The van der Waals surface area contributed by atoms with Crippen LogP contribution in [0.3, 0.4) is 0 Å². The van der Waals surface area contributed by atoms with Crippen molar-refractivity contribution in [1.29, 1.82) is 0 Å². The van der Waals surface area contributed by atoms with Crippen molar-refractivity contribution in [2.45, 2.75) is 40.5 Å². The van der Waals surface area contributed by atoms with Crippen LogP contribution in [-0.2, 0) is 12.8 Å². The van der Waals surface area contributed by atoms with Crippen molar-refractivity contribution in [2.24, 2.45) is 0 Å². The molecule has 0 atom stereocenters. The quantitative estimate of drug-likeness (QED) is 0.530. The molecule has 0 N–H and O–H groups in total. The van der Waals surface area contributed by atoms with E-state index in [-0.39, 0.29) is 18.9 Å². The van der Waals surface area contributed by atoms with Crippen LogP contribution in [0.4, 0.5) is 5.69 Å². The molecule has 1 aromatic rings. The minimum absolute atomic E-state index is 0. The van der Waals surface area contributed by atoms with Gasteiger partial charge in [-0.05, 0) is 20.3 Å². The second kappa shape index (κ2) is 7.74. The third-order valence-electron chi connectivity index (χ3n) is 3.27. The van der Waals surface area contributed by atoms with E-state index in [1.165, 1.54) is 22.4 Å². The second-order valence-electron chi connectivity index (χ2n) is 4.13. The first-order valence-electron chi connectivity index (χ1n) is 6.40. The molecule has 0 bridgehead atoms. The van der Waals surface area contributed by atoms with Crippen molar-refractivity contribution >= 4 is 5.69 Å². The number of rotatable bonds is 5. The van der Waals surface area contributed by atoms with Gasteiger partial charge in [-0.1, -0.05) is 37.6 Å². The fraction of sp³-hybridized carbons (Fsp3) is 0.533. The fourth-order valence-electron chi connectivity index (χ4n) is 2.15. The molecule has 90 valence electrons. The van der Waals surface area contributed by atoms with Gasteiger partial charge in [0.15, 0.2) is 0 Å². The number of nitrogens with zero attached hydrogens (tertiary/aromatic N) is 1. The molecule has 0 saturated heterocycles. The summed E-state index contributed by atoms with van der Waals surface area (Å²) in [6.07, 6.45) is 2.17. The predicted molar refractivity (Wildman–Crippen MR) is 73.2 cm³/mol. The zero-order chi connectivity index (χ0) is 12.1. The van der Waals surface area contributed by atoms with E-state index in [9.17, 15) is 0 Å². The molecule has 17 heavy (non-hydrogen) atoms. The monoisotopic (exact) mass is 225 g/mol. The van der Waals surface area contributed by atoms with E-state index in [0.29, 0.717) is 0 Å². The summed E-state index contributed by atoms with van der Waals surface area (Å²) in [6.45, 7) is 15.2. The average molecular weight is 225 g/mol. The summed E-state index contributed by atoms with van der Waals surface area (Å²) in [5.41, 5.74) is 5.34. The van der Waals surface area contributed by atoms with Gasteiger partial charge in [-0.25, -0.2) is 0 Å². The van der Waals surface area contributed by atoms with E-state index in [1.807, 2.05) is 0 Å². The molecule has 0 aliphatic heterocycles. The molecule has 1 rings (SSSR count). The van der Waals surface area contributed by atoms with Crippen LogP contribution in [0.1, 0.15) is 44.4 Å². The molecule has 0 fully saturated rings. The van der Waals surface area contributed by atoms with Gasteiger partial charge < -0.3 is 4.90 Å². The van der Waals surface area contributed by atoms with Crippen LogP contribution in [0.15, 0.2) is 12.1 Å². The van der Waals surface area contributed by atoms with E-state index in [0.717, 1.165) is 25.9 Å². The summed E-state index contributed by atoms with van der Waals surface area (Å²) in [6, 6.07) is 4.60. The summed E-state index contributed by atoms with van der Waals surface area (Å²) in [5, 5.41) is 0. The molecule has 0 aliphatic rings. The van der Waals surface area contributed by atoms with Crippen LogP contribution in [0.5, 0.6) is 0 Å². The Hall–Kier alpha value is -0.513. The maximum atomic E-state index is 4.24. The molecule has 0 unspecified atom stereocenters. The topological polar surface area (TPSA) is 3.24 Å². The molecule has 0 amide bonds. The number of hydrogen-bond acceptors (Lipinski definition) is 1. The van der Waals surface area contributed by atoms with Gasteiger partial charge >= 0.3 is 18.9 Å². The van der Waals surface area contributed by atoms with Crippen molar-refractivity contribution in [3.05, 3.63) is 35.7 Å². The fourth-order valence-corrected chi connectivity index (χ4v) is 2.15. The zero-order valence-electron chi connectivity index (χ0n) is 12.1. The Balaban J connectivity index is 0.00000256. The van der Waals surface area contributed by atoms with Crippen LogP contribution in [0, 0.1) is 6.92 Å². The summed E-state index contributed by atoms with van der Waals surface area (Å²) in [7, 11) is 0. The summed E-state index contributed by atoms with van der Waals surface area (Å²) < 4.78 is 0. The third-order valence-corrected chi connectivity index (χ3v) is 3.27. The Labute approximate surface area is 119 Å². The van der Waals surface area contributed by atoms with Gasteiger partial charge in [0, 0.05) is 13.1 Å². The van der Waals surface area contributed by atoms with Crippen molar-refractivity contribution in [2.75, 3.05) is 18.0 Å². The van der Waals surface area contributed by atoms with Gasteiger partial charge in [0.25, 0.3) is 0 Å². The molecule has 0 aliphatic carbocycles. The van der Waals surface area contributed by atoms with Crippen LogP contribution >= 0.6 is 0 Å². The SMILES string of the molecule is [CH2-]c1c(CC)cc(CC)cc1N(CC)CC.[Li+]. The van der Waals surface area contributed by atoms with Crippen molar-refractivity contribution in [3.63, 3.8) is 0 Å². The van der Waals surface area contributed by atoms with Gasteiger partial charge in [-0.3, -0.25) is 0 Å². The van der Waals surface area contributed by atoms with E-state index in [2.05, 4.69) is 51.7 Å². The molecule has 0 radical (unpaired) electrons. The predicted octanol–water partition coefficient (Wildman–Crippen LogP) is 0.844. The third kappa shape index (κ3) is 3.73. The standard InChI is InChI=1S/C15H24N.Li/c1-6-13-10-14(7-2)12(5)15(11-13)16(8-3)9-4;/h10-11H,5-9H2,1-4H3;/q-1;+1. The molecule has 0 spiro atoms. The first-order valence-corrected chi connectivity index (χ1v) is 6.40. The van der Waals surface area contributed by atoms with E-state index < -0.39 is 0 Å². The molecular weight excluding hydrogens is 201 g/mol. The minimum atomic E-state index is 0. The summed E-state index contributed by atoms with van der Waals surface area (Å²) in [4.78, 5) is 2.39. The first-order chi connectivity index (χ1) is 7.67. The smallest absolute Gasteiger partial charge is 0.424 e. The molecular formula is C15H24LiN. The zero-order valence-corrected chi connectivity index (χ0v) is 12.1. The average Bonchev–Trinajstić information content (AvgIpc) is 2.32. The van der Waals surface area contributed by atoms with Crippen LogP contribution in [0.2, 0.25) is 0 Å². The molecule has 0 aromatic heterocycles. The number of aryl methyl sites for hydroxylation is 2. The van der Waals surface area contributed by atoms with Crippen molar-refractivity contribution < 1.29 is 18.9 Å². The Kier molecular flexibility index (Phi) is 7.51.